The Morgan fingerprint density at radius 1 is 0.957 bits per heavy atom. The van der Waals surface area contributed by atoms with Crippen LogP contribution in [0.15, 0.2) is 96.2 Å². The van der Waals surface area contributed by atoms with E-state index in [1.54, 1.807) is 47.3 Å². The second-order valence-corrected chi connectivity index (χ2v) is 17.4. The van der Waals surface area contributed by atoms with Gasteiger partial charge in [-0.1, -0.05) is 47.1 Å². The average Bonchev–Trinajstić information content (AvgIpc) is 3.90. The number of amides is 4. The molecule has 18 nitrogen and oxygen atoms in total. The molecular weight excluding hydrogens is 926 g/mol. The quantitative estimate of drug-likeness (QED) is 0.0417. The number of imide groups is 1. The number of rotatable bonds is 18. The van der Waals surface area contributed by atoms with Crippen LogP contribution >= 0.6 is 11.6 Å². The first-order valence-electron chi connectivity index (χ1n) is 22.7. The molecule has 70 heavy (non-hydrogen) atoms. The number of hydrogen-bond acceptors (Lipinski definition) is 14. The van der Waals surface area contributed by atoms with Gasteiger partial charge in [0.25, 0.3) is 5.91 Å². The van der Waals surface area contributed by atoms with Crippen LogP contribution < -0.4 is 26.6 Å². The summed E-state index contributed by atoms with van der Waals surface area (Å²) in [4.78, 5) is 65.2. The molecule has 4 amide bonds. The van der Waals surface area contributed by atoms with Gasteiger partial charge in [-0.2, -0.15) is 0 Å². The maximum absolute atomic E-state index is 15.0. The summed E-state index contributed by atoms with van der Waals surface area (Å²) < 4.78 is 43.3. The van der Waals surface area contributed by atoms with Gasteiger partial charge in [-0.3, -0.25) is 34.8 Å². The molecule has 3 atom stereocenters. The van der Waals surface area contributed by atoms with Crippen molar-refractivity contribution in [3.05, 3.63) is 147 Å². The molecule has 21 heteroatoms. The number of aromatic nitrogens is 5. The number of piperidine rings is 1. The van der Waals surface area contributed by atoms with Gasteiger partial charge in [0.05, 0.1) is 49.0 Å². The number of epoxide rings is 1. The van der Waals surface area contributed by atoms with Crippen molar-refractivity contribution in [2.45, 2.75) is 63.8 Å². The molecule has 0 aliphatic carbocycles. The highest BCUT2D eigenvalue weighted by atomic mass is 35.5. The van der Waals surface area contributed by atoms with Crippen molar-refractivity contribution in [2.24, 2.45) is 4.99 Å². The van der Waals surface area contributed by atoms with Gasteiger partial charge in [0.15, 0.2) is 0 Å². The van der Waals surface area contributed by atoms with Crippen molar-refractivity contribution < 1.29 is 37.4 Å². The standard InChI is InChI=1S/C49H45ClF2N12O6/c50-29-9-12-32-34(21-29)44(42-36(51)4-2-5-37(42)52)54-22-28-23-56-49(60-43(28)32)57-30-10-7-27(8-11-30)45-47(70-45)55-24-31-25-63(62-61-31)18-20-69-19-17-53-16-15-41(66)58-38-6-1-3-33-35(38)26-64(48(33)68)39-13-14-40(65)59-46(39)67/h1-12,21,23,25,39,45,47,53,55H,13-20,22,24,26H2,(H,58,66)(H,56,57,60)(H,59,65,67). The highest BCUT2D eigenvalue weighted by molar-refractivity contribution is 6.31. The molecule has 5 N–H and O–H groups in total. The van der Waals surface area contributed by atoms with E-state index in [9.17, 15) is 28.0 Å². The number of ether oxygens (including phenoxy) is 2. The van der Waals surface area contributed by atoms with E-state index in [0.717, 1.165) is 16.9 Å². The number of aliphatic imine (C=N–C) groups is 1. The number of halogens is 3. The molecule has 4 aromatic carbocycles. The van der Waals surface area contributed by atoms with E-state index in [2.05, 4.69) is 46.9 Å². The summed E-state index contributed by atoms with van der Waals surface area (Å²) in [5, 5.41) is 23.9. The summed E-state index contributed by atoms with van der Waals surface area (Å²) >= 11 is 6.37. The molecule has 0 bridgehead atoms. The van der Waals surface area contributed by atoms with Crippen LogP contribution in [0.3, 0.4) is 0 Å². The second-order valence-electron chi connectivity index (χ2n) is 17.0. The number of carbonyl (C=O) groups excluding carboxylic acids is 4. The summed E-state index contributed by atoms with van der Waals surface area (Å²) in [5.41, 5.74) is 6.37. The molecule has 4 aliphatic rings. The van der Waals surface area contributed by atoms with E-state index in [1.165, 1.54) is 23.1 Å². The Balaban J connectivity index is 0.624. The zero-order valence-corrected chi connectivity index (χ0v) is 38.1. The van der Waals surface area contributed by atoms with Gasteiger partial charge in [-0.25, -0.2) is 23.4 Å². The Bertz CT molecular complexity index is 3020. The molecule has 0 radical (unpaired) electrons. The lowest BCUT2D eigenvalue weighted by molar-refractivity contribution is -0.137. The molecule has 6 heterocycles. The Morgan fingerprint density at radius 3 is 2.61 bits per heavy atom. The third kappa shape index (κ3) is 10.2. The van der Waals surface area contributed by atoms with E-state index in [0.29, 0.717) is 89.6 Å². The van der Waals surface area contributed by atoms with Crippen LogP contribution in [-0.2, 0) is 50.0 Å². The van der Waals surface area contributed by atoms with Crippen LogP contribution in [0.25, 0.3) is 11.3 Å². The summed E-state index contributed by atoms with van der Waals surface area (Å²) in [5.74, 6) is -2.46. The average molecular weight is 971 g/mol. The number of benzene rings is 4. The lowest BCUT2D eigenvalue weighted by atomic mass is 9.95. The van der Waals surface area contributed by atoms with Gasteiger partial charge in [0.2, 0.25) is 23.7 Å². The Hall–Kier alpha value is -7.36. The first-order valence-corrected chi connectivity index (χ1v) is 23.1. The third-order valence-corrected chi connectivity index (χ3v) is 12.5. The number of carbonyl (C=O) groups is 4. The van der Waals surface area contributed by atoms with Crippen LogP contribution in [0.1, 0.15) is 69.2 Å². The van der Waals surface area contributed by atoms with Gasteiger partial charge in [0, 0.05) is 95.6 Å². The van der Waals surface area contributed by atoms with Crippen LogP contribution in [-0.4, -0.2) is 97.8 Å². The summed E-state index contributed by atoms with van der Waals surface area (Å²) in [6.07, 6.45) is 3.80. The van der Waals surface area contributed by atoms with E-state index in [1.807, 2.05) is 30.5 Å². The number of fused-ring (bicyclic) bond motifs is 4. The highest BCUT2D eigenvalue weighted by Crippen LogP contribution is 2.39. The third-order valence-electron chi connectivity index (χ3n) is 12.3. The summed E-state index contributed by atoms with van der Waals surface area (Å²) in [6.45, 7) is 3.05. The van der Waals surface area contributed by atoms with Crippen molar-refractivity contribution in [1.29, 1.82) is 0 Å². The fraction of sp³-hybridized carbons (Fsp3) is 0.286. The van der Waals surface area contributed by atoms with E-state index in [-0.39, 0.29) is 73.7 Å². The van der Waals surface area contributed by atoms with Crippen molar-refractivity contribution in [3.8, 4) is 11.3 Å². The Labute approximate surface area is 404 Å². The van der Waals surface area contributed by atoms with Crippen molar-refractivity contribution in [3.63, 3.8) is 0 Å². The Morgan fingerprint density at radius 2 is 1.79 bits per heavy atom. The minimum Gasteiger partial charge on any atom is -0.378 e. The smallest absolute Gasteiger partial charge is 0.255 e. The first kappa shape index (κ1) is 46.4. The number of anilines is 3. The second kappa shape index (κ2) is 20.3. The van der Waals surface area contributed by atoms with Crippen molar-refractivity contribution in [2.75, 3.05) is 36.9 Å². The zero-order chi connectivity index (χ0) is 48.3. The van der Waals surface area contributed by atoms with Crippen molar-refractivity contribution >= 4 is 58.3 Å². The van der Waals surface area contributed by atoms with E-state index < -0.39 is 23.6 Å². The SMILES string of the molecule is O=C1CCC(N2Cc3c(NC(=O)CCNCCOCCn4cc(CNC5OC5c5ccc(Nc6ncc7c(n6)-c6ccc(Cl)cc6C(c6c(F)cccc6F)=NC7)cc5)nn4)cccc3C2=O)C(=O)N1. The maximum Gasteiger partial charge on any atom is 0.255 e. The molecule has 0 saturated carbocycles. The van der Waals surface area contributed by atoms with Gasteiger partial charge in [-0.15, -0.1) is 5.10 Å². The monoisotopic (exact) mass is 970 g/mol. The van der Waals surface area contributed by atoms with Gasteiger partial charge >= 0.3 is 0 Å². The van der Waals surface area contributed by atoms with Gasteiger partial charge in [-0.05, 0) is 60.5 Å². The molecule has 0 spiro atoms. The van der Waals surface area contributed by atoms with E-state index in [4.69, 9.17) is 26.1 Å². The van der Waals surface area contributed by atoms with Crippen LogP contribution in [0, 0.1) is 11.6 Å². The lowest BCUT2D eigenvalue weighted by Gasteiger charge is -2.29. The van der Waals surface area contributed by atoms with Crippen LogP contribution in [0.4, 0.5) is 26.1 Å². The minimum atomic E-state index is -0.731. The molecule has 2 aromatic heterocycles. The molecule has 10 rings (SSSR count). The topological polar surface area (TPSA) is 222 Å². The highest BCUT2D eigenvalue weighted by Gasteiger charge is 2.41. The normalized spacial score (nSPS) is 18.1. The van der Waals surface area contributed by atoms with Crippen molar-refractivity contribution in [1.82, 2.24) is 45.8 Å². The number of hydrogen-bond donors (Lipinski definition) is 5. The maximum atomic E-state index is 15.0. The van der Waals surface area contributed by atoms with Gasteiger partial charge in [0.1, 0.15) is 30.0 Å². The number of nitrogens with zero attached hydrogens (tertiary/aromatic N) is 7. The van der Waals surface area contributed by atoms with E-state index >= 15 is 0 Å². The Kier molecular flexibility index (Phi) is 13.5. The van der Waals surface area contributed by atoms with Crippen LogP contribution in [0.5, 0.6) is 0 Å². The zero-order valence-electron chi connectivity index (χ0n) is 37.4. The van der Waals surface area contributed by atoms with Crippen LogP contribution in [0.2, 0.25) is 5.02 Å². The molecule has 3 unspecified atom stereocenters. The summed E-state index contributed by atoms with van der Waals surface area (Å²) in [6, 6.07) is 20.9. The largest absolute Gasteiger partial charge is 0.378 e. The lowest BCUT2D eigenvalue weighted by Crippen LogP contribution is -2.52. The predicted octanol–water partition coefficient (Wildman–Crippen LogP) is 5.34. The summed E-state index contributed by atoms with van der Waals surface area (Å²) in [7, 11) is 0. The molecule has 358 valence electrons. The molecule has 2 fully saturated rings. The molecule has 6 aromatic rings. The number of nitrogens with one attached hydrogen (secondary N) is 5. The fourth-order valence-corrected chi connectivity index (χ4v) is 8.88. The van der Waals surface area contributed by atoms with Gasteiger partial charge < -0.3 is 30.3 Å². The molecule has 4 aliphatic heterocycles. The predicted molar refractivity (Wildman–Crippen MR) is 252 cm³/mol. The minimum absolute atomic E-state index is 0.113. The molecular formula is C49H45ClF2N12O6. The fourth-order valence-electron chi connectivity index (χ4n) is 8.71. The molecule has 2 saturated heterocycles. The first-order chi connectivity index (χ1) is 34.1.